The average Bonchev–Trinajstić information content (AvgIpc) is 2.23. The molecule has 0 fully saturated rings. The number of hydrogen-bond acceptors (Lipinski definition) is 3. The van der Waals surface area contributed by atoms with Crippen molar-refractivity contribution in [2.75, 3.05) is 13.7 Å². The number of ether oxygens (including phenoxy) is 1. The molecule has 0 aliphatic heterocycles. The second-order valence-electron chi connectivity index (χ2n) is 3.56. The molecule has 0 aromatic heterocycles. The van der Waals surface area contributed by atoms with E-state index in [0.29, 0.717) is 0 Å². The standard InChI is InChI=1S/C11H19NO4/c1-4-5-6-9(11(14)15)12-10(13)8(2)7-16-3/h4-5,8-9H,6-7H2,1-3H3,(H,12,13)(H,14,15)/b5-4+. The van der Waals surface area contributed by atoms with Crippen molar-refractivity contribution in [2.24, 2.45) is 5.92 Å². The summed E-state index contributed by atoms with van der Waals surface area (Å²) < 4.78 is 4.83. The maximum Gasteiger partial charge on any atom is 0.326 e. The summed E-state index contributed by atoms with van der Waals surface area (Å²) in [5, 5.41) is 11.3. The second kappa shape index (κ2) is 7.87. The summed E-state index contributed by atoms with van der Waals surface area (Å²) in [6.45, 7) is 3.77. The van der Waals surface area contributed by atoms with Gasteiger partial charge in [0.15, 0.2) is 0 Å². The summed E-state index contributed by atoms with van der Waals surface area (Å²) in [5.41, 5.74) is 0. The van der Waals surface area contributed by atoms with Crippen LogP contribution in [0.3, 0.4) is 0 Å². The number of rotatable bonds is 7. The summed E-state index contributed by atoms with van der Waals surface area (Å²) in [7, 11) is 1.50. The lowest BCUT2D eigenvalue weighted by Gasteiger charge is -2.16. The van der Waals surface area contributed by atoms with Crippen LogP contribution in [-0.2, 0) is 14.3 Å². The summed E-state index contributed by atoms with van der Waals surface area (Å²) in [6, 6.07) is -0.872. The Balaban J connectivity index is 4.28. The highest BCUT2D eigenvalue weighted by Gasteiger charge is 2.21. The molecule has 0 rings (SSSR count). The highest BCUT2D eigenvalue weighted by atomic mass is 16.5. The highest BCUT2D eigenvalue weighted by Crippen LogP contribution is 2.00. The predicted octanol–water partition coefficient (Wildman–Crippen LogP) is 0.804. The van der Waals surface area contributed by atoms with Gasteiger partial charge in [-0.15, -0.1) is 0 Å². The molecule has 5 nitrogen and oxygen atoms in total. The van der Waals surface area contributed by atoms with Gasteiger partial charge in [0.2, 0.25) is 5.91 Å². The van der Waals surface area contributed by atoms with E-state index < -0.39 is 12.0 Å². The molecular formula is C11H19NO4. The summed E-state index contributed by atoms with van der Waals surface area (Å²) >= 11 is 0. The minimum Gasteiger partial charge on any atom is -0.480 e. The Bertz CT molecular complexity index is 263. The summed E-state index contributed by atoms with van der Waals surface area (Å²) in [6.07, 6.45) is 3.75. The number of amides is 1. The number of carbonyl (C=O) groups excluding carboxylic acids is 1. The van der Waals surface area contributed by atoms with Crippen LogP contribution in [0, 0.1) is 5.92 Å². The molecule has 2 atom stereocenters. The van der Waals surface area contributed by atoms with Crippen LogP contribution in [0.25, 0.3) is 0 Å². The molecular weight excluding hydrogens is 210 g/mol. The van der Waals surface area contributed by atoms with E-state index in [-0.39, 0.29) is 24.9 Å². The second-order valence-corrected chi connectivity index (χ2v) is 3.56. The van der Waals surface area contributed by atoms with Gasteiger partial charge in [0.05, 0.1) is 12.5 Å². The fourth-order valence-electron chi connectivity index (χ4n) is 1.13. The molecule has 2 unspecified atom stereocenters. The topological polar surface area (TPSA) is 75.6 Å². The lowest BCUT2D eigenvalue weighted by atomic mass is 10.1. The van der Waals surface area contributed by atoms with Crippen LogP contribution in [0.4, 0.5) is 0 Å². The van der Waals surface area contributed by atoms with E-state index in [1.54, 1.807) is 26.0 Å². The highest BCUT2D eigenvalue weighted by molar-refractivity contribution is 5.84. The van der Waals surface area contributed by atoms with Crippen LogP contribution in [0.15, 0.2) is 12.2 Å². The van der Waals surface area contributed by atoms with Crippen LogP contribution >= 0.6 is 0 Å². The molecule has 0 aromatic carbocycles. The number of carboxylic acid groups (broad SMARTS) is 1. The lowest BCUT2D eigenvalue weighted by Crippen LogP contribution is -2.43. The lowest BCUT2D eigenvalue weighted by molar-refractivity contribution is -0.142. The van der Waals surface area contributed by atoms with E-state index in [1.807, 2.05) is 0 Å². The van der Waals surface area contributed by atoms with E-state index >= 15 is 0 Å². The normalized spacial score (nSPS) is 14.7. The summed E-state index contributed by atoms with van der Waals surface area (Å²) in [4.78, 5) is 22.4. The quantitative estimate of drug-likeness (QED) is 0.633. The Morgan fingerprint density at radius 1 is 1.50 bits per heavy atom. The molecule has 0 aliphatic rings. The van der Waals surface area contributed by atoms with Gasteiger partial charge in [0.25, 0.3) is 0 Å². The zero-order valence-electron chi connectivity index (χ0n) is 9.90. The Morgan fingerprint density at radius 3 is 2.56 bits per heavy atom. The molecule has 0 saturated heterocycles. The minimum atomic E-state index is -1.03. The van der Waals surface area contributed by atoms with Crippen LogP contribution in [0.2, 0.25) is 0 Å². The first-order valence-electron chi connectivity index (χ1n) is 5.16. The van der Waals surface area contributed by atoms with Crippen molar-refractivity contribution in [3.63, 3.8) is 0 Å². The molecule has 92 valence electrons. The van der Waals surface area contributed by atoms with Crippen molar-refractivity contribution in [3.8, 4) is 0 Å². The number of carbonyl (C=O) groups is 2. The van der Waals surface area contributed by atoms with Gasteiger partial charge in [-0.1, -0.05) is 19.1 Å². The molecule has 5 heteroatoms. The third-order valence-corrected chi connectivity index (χ3v) is 2.09. The van der Waals surface area contributed by atoms with E-state index in [9.17, 15) is 9.59 Å². The monoisotopic (exact) mass is 229 g/mol. The molecule has 0 radical (unpaired) electrons. The van der Waals surface area contributed by atoms with Gasteiger partial charge < -0.3 is 15.2 Å². The van der Waals surface area contributed by atoms with Crippen molar-refractivity contribution in [3.05, 3.63) is 12.2 Å². The molecule has 16 heavy (non-hydrogen) atoms. The number of carboxylic acids is 1. The zero-order chi connectivity index (χ0) is 12.6. The fraction of sp³-hybridized carbons (Fsp3) is 0.636. The van der Waals surface area contributed by atoms with Gasteiger partial charge in [-0.25, -0.2) is 4.79 Å². The number of allylic oxidation sites excluding steroid dienone is 1. The van der Waals surface area contributed by atoms with Crippen molar-refractivity contribution >= 4 is 11.9 Å². The van der Waals surface area contributed by atoms with Gasteiger partial charge in [-0.2, -0.15) is 0 Å². The van der Waals surface area contributed by atoms with Crippen molar-refractivity contribution in [2.45, 2.75) is 26.3 Å². The van der Waals surface area contributed by atoms with Crippen LogP contribution in [-0.4, -0.2) is 36.7 Å². The molecule has 0 bridgehead atoms. The number of hydrogen-bond donors (Lipinski definition) is 2. The van der Waals surface area contributed by atoms with Crippen molar-refractivity contribution < 1.29 is 19.4 Å². The number of aliphatic carboxylic acids is 1. The van der Waals surface area contributed by atoms with Crippen molar-refractivity contribution in [1.29, 1.82) is 0 Å². The maximum atomic E-state index is 11.5. The fourth-order valence-corrected chi connectivity index (χ4v) is 1.13. The Hall–Kier alpha value is -1.36. The van der Waals surface area contributed by atoms with E-state index in [1.165, 1.54) is 7.11 Å². The van der Waals surface area contributed by atoms with Gasteiger partial charge in [0, 0.05) is 7.11 Å². The average molecular weight is 229 g/mol. The smallest absolute Gasteiger partial charge is 0.326 e. The molecule has 0 spiro atoms. The van der Waals surface area contributed by atoms with E-state index in [2.05, 4.69) is 5.32 Å². The first kappa shape index (κ1) is 14.6. The first-order valence-corrected chi connectivity index (χ1v) is 5.16. The minimum absolute atomic E-state index is 0.280. The molecule has 0 aliphatic carbocycles. The number of nitrogens with one attached hydrogen (secondary N) is 1. The Kier molecular flexibility index (Phi) is 7.20. The Morgan fingerprint density at radius 2 is 2.12 bits per heavy atom. The molecule has 0 saturated carbocycles. The third-order valence-electron chi connectivity index (χ3n) is 2.09. The Labute approximate surface area is 95.5 Å². The first-order chi connectivity index (χ1) is 7.52. The van der Waals surface area contributed by atoms with E-state index in [4.69, 9.17) is 9.84 Å². The van der Waals surface area contributed by atoms with Gasteiger partial charge in [0.1, 0.15) is 6.04 Å². The van der Waals surface area contributed by atoms with Crippen LogP contribution in [0.1, 0.15) is 20.3 Å². The van der Waals surface area contributed by atoms with Crippen LogP contribution < -0.4 is 5.32 Å². The molecule has 0 aromatic rings. The molecule has 0 heterocycles. The maximum absolute atomic E-state index is 11.5. The van der Waals surface area contributed by atoms with E-state index in [0.717, 1.165) is 0 Å². The summed E-state index contributed by atoms with van der Waals surface area (Å²) in [5.74, 6) is -1.69. The largest absolute Gasteiger partial charge is 0.480 e. The van der Waals surface area contributed by atoms with Crippen molar-refractivity contribution in [1.82, 2.24) is 5.32 Å². The molecule has 1 amide bonds. The van der Waals surface area contributed by atoms with Gasteiger partial charge in [-0.3, -0.25) is 4.79 Å². The van der Waals surface area contributed by atoms with Crippen LogP contribution in [0.5, 0.6) is 0 Å². The zero-order valence-corrected chi connectivity index (χ0v) is 9.90. The third kappa shape index (κ3) is 5.50. The predicted molar refractivity (Wildman–Crippen MR) is 60.0 cm³/mol. The SMILES string of the molecule is C/C=C/CC(NC(=O)C(C)COC)C(=O)O. The van der Waals surface area contributed by atoms with Gasteiger partial charge >= 0.3 is 5.97 Å². The molecule has 2 N–H and O–H groups in total. The number of methoxy groups -OCH3 is 1. The van der Waals surface area contributed by atoms with Gasteiger partial charge in [-0.05, 0) is 13.3 Å².